The Balaban J connectivity index is 2.91. The number of methoxy groups -OCH3 is 1. The molecule has 0 atom stereocenters. The highest BCUT2D eigenvalue weighted by molar-refractivity contribution is 6.21. The first-order valence-electron chi connectivity index (χ1n) is 3.64. The van der Waals surface area contributed by atoms with Gasteiger partial charge >= 0.3 is 0 Å². The summed E-state index contributed by atoms with van der Waals surface area (Å²) in [6.07, 6.45) is 4.66. The van der Waals surface area contributed by atoms with Gasteiger partial charge in [-0.3, -0.25) is 0 Å². The predicted octanol–water partition coefficient (Wildman–Crippen LogP) is 0.789. The van der Waals surface area contributed by atoms with Gasteiger partial charge in [-0.1, -0.05) is 10.3 Å². The molecule has 0 saturated heterocycles. The minimum atomic E-state index is 0.308. The zero-order valence-corrected chi connectivity index (χ0v) is 7.14. The molecule has 70 valence electrons. The van der Waals surface area contributed by atoms with Gasteiger partial charge in [-0.15, -0.1) is 0 Å². The molecule has 0 unspecified atom stereocenters. The molecule has 0 aromatic heterocycles. The Labute approximate surface area is 75.3 Å². The van der Waals surface area contributed by atoms with Crippen molar-refractivity contribution in [2.24, 2.45) is 10.3 Å². The van der Waals surface area contributed by atoms with Crippen molar-refractivity contribution in [2.75, 3.05) is 13.7 Å². The van der Waals surface area contributed by atoms with Crippen molar-refractivity contribution in [3.05, 3.63) is 23.8 Å². The lowest BCUT2D eigenvalue weighted by Gasteiger charge is -2.08. The van der Waals surface area contributed by atoms with Crippen molar-refractivity contribution in [1.29, 1.82) is 0 Å². The summed E-state index contributed by atoms with van der Waals surface area (Å²) in [5, 5.41) is 23.1. The number of ether oxygens (including phenoxy) is 1. The van der Waals surface area contributed by atoms with Gasteiger partial charge in [0.1, 0.15) is 11.4 Å². The van der Waals surface area contributed by atoms with Gasteiger partial charge < -0.3 is 15.2 Å². The van der Waals surface area contributed by atoms with Crippen molar-refractivity contribution in [3.8, 4) is 0 Å². The second-order valence-corrected chi connectivity index (χ2v) is 2.45. The molecule has 0 bridgehead atoms. The van der Waals surface area contributed by atoms with Gasteiger partial charge in [0.05, 0.1) is 6.61 Å². The van der Waals surface area contributed by atoms with Crippen LogP contribution in [0.25, 0.3) is 0 Å². The molecule has 0 aromatic carbocycles. The van der Waals surface area contributed by atoms with Crippen LogP contribution >= 0.6 is 0 Å². The molecular weight excluding hydrogens is 172 g/mol. The summed E-state index contributed by atoms with van der Waals surface area (Å²) in [6, 6.07) is 0. The molecule has 5 nitrogen and oxygen atoms in total. The normalized spacial score (nSPS) is 22.4. The third-order valence-electron chi connectivity index (χ3n) is 1.59. The van der Waals surface area contributed by atoms with Crippen LogP contribution < -0.4 is 0 Å². The molecule has 1 aliphatic carbocycles. The monoisotopic (exact) mass is 182 g/mol. The number of rotatable bonds is 2. The summed E-state index contributed by atoms with van der Waals surface area (Å²) in [7, 11) is 1.53. The van der Waals surface area contributed by atoms with Crippen LogP contribution in [-0.2, 0) is 4.74 Å². The van der Waals surface area contributed by atoms with E-state index in [2.05, 4.69) is 10.3 Å². The minimum absolute atomic E-state index is 0.308. The van der Waals surface area contributed by atoms with E-state index in [4.69, 9.17) is 15.2 Å². The summed E-state index contributed by atoms with van der Waals surface area (Å²) in [4.78, 5) is 0. The van der Waals surface area contributed by atoms with E-state index in [1.807, 2.05) is 0 Å². The first kappa shape index (κ1) is 9.47. The molecule has 0 saturated carbocycles. The Bertz CT molecular complexity index is 303. The topological polar surface area (TPSA) is 74.4 Å². The third-order valence-corrected chi connectivity index (χ3v) is 1.59. The van der Waals surface area contributed by atoms with Crippen molar-refractivity contribution >= 4 is 11.4 Å². The van der Waals surface area contributed by atoms with Gasteiger partial charge in [-0.25, -0.2) is 0 Å². The molecule has 0 spiro atoms. The molecule has 0 fully saturated rings. The smallest absolute Gasteiger partial charge is 0.108 e. The molecule has 0 heterocycles. The summed E-state index contributed by atoms with van der Waals surface area (Å²) < 4.78 is 4.88. The second kappa shape index (κ2) is 4.42. The summed E-state index contributed by atoms with van der Waals surface area (Å²) in [6.45, 7) is 0.308. The molecule has 5 heteroatoms. The zero-order chi connectivity index (χ0) is 9.68. The summed E-state index contributed by atoms with van der Waals surface area (Å²) >= 11 is 0. The number of hydrogen-bond acceptors (Lipinski definition) is 5. The molecule has 1 rings (SSSR count). The highest BCUT2D eigenvalue weighted by Crippen LogP contribution is 2.07. The lowest BCUT2D eigenvalue weighted by molar-refractivity contribution is 0.229. The molecule has 1 aliphatic rings. The van der Waals surface area contributed by atoms with Crippen LogP contribution in [-0.4, -0.2) is 35.6 Å². The Morgan fingerprint density at radius 1 is 1.31 bits per heavy atom. The molecule has 13 heavy (non-hydrogen) atoms. The molecule has 0 aromatic rings. The lowest BCUT2D eigenvalue weighted by Crippen LogP contribution is -2.12. The van der Waals surface area contributed by atoms with Gasteiger partial charge in [0.15, 0.2) is 0 Å². The van der Waals surface area contributed by atoms with E-state index in [9.17, 15) is 0 Å². The van der Waals surface area contributed by atoms with Crippen molar-refractivity contribution in [1.82, 2.24) is 0 Å². The summed E-state index contributed by atoms with van der Waals surface area (Å²) in [5.41, 5.74) is 1.48. The number of allylic oxidation sites excluding steroid dienone is 3. The third kappa shape index (κ3) is 2.16. The largest absolute Gasteiger partial charge is 0.410 e. The maximum absolute atomic E-state index is 8.58. The van der Waals surface area contributed by atoms with Crippen LogP contribution in [0.15, 0.2) is 34.1 Å². The first-order valence-corrected chi connectivity index (χ1v) is 3.64. The van der Waals surface area contributed by atoms with Crippen LogP contribution in [0.4, 0.5) is 0 Å². The maximum atomic E-state index is 8.58. The van der Waals surface area contributed by atoms with Crippen LogP contribution in [0, 0.1) is 0 Å². The van der Waals surface area contributed by atoms with Crippen LogP contribution in [0.5, 0.6) is 0 Å². The van der Waals surface area contributed by atoms with Crippen LogP contribution in [0.2, 0.25) is 0 Å². The molecule has 0 aliphatic heterocycles. The van der Waals surface area contributed by atoms with Crippen LogP contribution in [0.3, 0.4) is 0 Å². The average molecular weight is 182 g/mol. The minimum Gasteiger partial charge on any atom is -0.410 e. The summed E-state index contributed by atoms with van der Waals surface area (Å²) in [5.74, 6) is 0. The molecular formula is C8H10N2O3. The Kier molecular flexibility index (Phi) is 3.22. The van der Waals surface area contributed by atoms with Crippen LogP contribution in [0.1, 0.15) is 0 Å². The fourth-order valence-corrected chi connectivity index (χ4v) is 1.00. The Hall–Kier alpha value is -1.62. The van der Waals surface area contributed by atoms with Gasteiger partial charge in [-0.05, 0) is 18.2 Å². The van der Waals surface area contributed by atoms with E-state index < -0.39 is 0 Å². The lowest BCUT2D eigenvalue weighted by atomic mass is 10.0. The molecule has 0 amide bonds. The van der Waals surface area contributed by atoms with Crippen molar-refractivity contribution < 1.29 is 15.2 Å². The van der Waals surface area contributed by atoms with Gasteiger partial charge in [0, 0.05) is 12.7 Å². The standard InChI is InChI=1S/C8H10N2O3/c1-13-5-6-4-7(9-11)2-3-8(6)10-12/h2-4,11-12H,5H2,1H3/b9-7+,10-8-. The van der Waals surface area contributed by atoms with E-state index in [1.165, 1.54) is 13.2 Å². The molecule has 0 radical (unpaired) electrons. The van der Waals surface area contributed by atoms with E-state index >= 15 is 0 Å². The SMILES string of the molecule is COCC1=CC(=N/O)/C=CC/1=N/O. The molecule has 2 N–H and O–H groups in total. The Morgan fingerprint density at radius 2 is 2.08 bits per heavy atom. The van der Waals surface area contributed by atoms with Gasteiger partial charge in [0.25, 0.3) is 0 Å². The highest BCUT2D eigenvalue weighted by atomic mass is 16.5. The maximum Gasteiger partial charge on any atom is 0.108 e. The van der Waals surface area contributed by atoms with Crippen molar-refractivity contribution in [3.63, 3.8) is 0 Å². The van der Waals surface area contributed by atoms with E-state index in [1.54, 1.807) is 12.2 Å². The van der Waals surface area contributed by atoms with E-state index in [-0.39, 0.29) is 0 Å². The van der Waals surface area contributed by atoms with E-state index in [0.29, 0.717) is 23.6 Å². The quantitative estimate of drug-likeness (QED) is 0.376. The predicted molar refractivity (Wildman–Crippen MR) is 47.5 cm³/mol. The van der Waals surface area contributed by atoms with Crippen molar-refractivity contribution in [2.45, 2.75) is 0 Å². The number of hydrogen-bond donors (Lipinski definition) is 2. The highest BCUT2D eigenvalue weighted by Gasteiger charge is 2.10. The van der Waals surface area contributed by atoms with E-state index in [0.717, 1.165) is 0 Å². The average Bonchev–Trinajstić information content (AvgIpc) is 2.18. The second-order valence-electron chi connectivity index (χ2n) is 2.45. The van der Waals surface area contributed by atoms with Gasteiger partial charge in [-0.2, -0.15) is 0 Å². The fourth-order valence-electron chi connectivity index (χ4n) is 1.00. The first-order chi connectivity index (χ1) is 6.31. The van der Waals surface area contributed by atoms with Gasteiger partial charge in [0.2, 0.25) is 0 Å². The zero-order valence-electron chi connectivity index (χ0n) is 7.14. The fraction of sp³-hybridized carbons (Fsp3) is 0.250. The number of nitrogens with zero attached hydrogens (tertiary/aromatic N) is 2. The Morgan fingerprint density at radius 3 is 2.62 bits per heavy atom. The number of oxime groups is 2.